The summed E-state index contributed by atoms with van der Waals surface area (Å²) in [6, 6.07) is 17.6. The monoisotopic (exact) mass is 304 g/mol. The zero-order chi connectivity index (χ0) is 13.0. The molecule has 18 heavy (non-hydrogen) atoms. The van der Waals surface area contributed by atoms with Crippen LogP contribution in [-0.4, -0.2) is 11.1 Å². The van der Waals surface area contributed by atoms with Crippen LogP contribution < -0.4 is 0 Å². The Kier molecular flexibility index (Phi) is 4.15. The molecule has 0 spiro atoms. The lowest BCUT2D eigenvalue weighted by Gasteiger charge is -2.14. The van der Waals surface area contributed by atoms with Crippen molar-refractivity contribution in [2.75, 3.05) is 0 Å². The Morgan fingerprint density at radius 3 is 2.33 bits per heavy atom. The molecule has 0 radical (unpaired) electrons. The smallest absolute Gasteiger partial charge is 0.307 e. The van der Waals surface area contributed by atoms with Gasteiger partial charge in [0.05, 0.1) is 11.2 Å². The molecular formula is C15H13BrO2. The van der Waals surface area contributed by atoms with E-state index in [2.05, 4.69) is 15.9 Å². The lowest BCUT2D eigenvalue weighted by atomic mass is 9.98. The van der Waals surface area contributed by atoms with Gasteiger partial charge in [-0.15, -0.1) is 0 Å². The Labute approximate surface area is 114 Å². The molecule has 0 aromatic heterocycles. The van der Waals surface area contributed by atoms with E-state index in [4.69, 9.17) is 5.11 Å². The molecule has 1 atom stereocenters. The summed E-state index contributed by atoms with van der Waals surface area (Å²) in [5, 5.41) is 8.93. The first-order valence-corrected chi connectivity index (χ1v) is 6.58. The number of carboxylic acids is 1. The topological polar surface area (TPSA) is 37.3 Å². The van der Waals surface area contributed by atoms with Crippen LogP contribution >= 0.6 is 15.9 Å². The van der Waals surface area contributed by atoms with Gasteiger partial charge in [0.15, 0.2) is 0 Å². The van der Waals surface area contributed by atoms with Gasteiger partial charge in [-0.2, -0.15) is 0 Å². The van der Waals surface area contributed by atoms with Crippen LogP contribution in [0.4, 0.5) is 0 Å². The summed E-state index contributed by atoms with van der Waals surface area (Å²) in [7, 11) is 0. The van der Waals surface area contributed by atoms with Crippen molar-refractivity contribution in [3.63, 3.8) is 0 Å². The number of halogens is 1. The van der Waals surface area contributed by atoms with Gasteiger partial charge in [-0.1, -0.05) is 70.5 Å². The van der Waals surface area contributed by atoms with Crippen LogP contribution in [0.2, 0.25) is 0 Å². The number of carboxylic acid groups (broad SMARTS) is 1. The van der Waals surface area contributed by atoms with E-state index >= 15 is 0 Å². The molecular weight excluding hydrogens is 292 g/mol. The summed E-state index contributed by atoms with van der Waals surface area (Å²) in [4.78, 5) is 10.9. The van der Waals surface area contributed by atoms with E-state index < -0.39 is 5.97 Å². The zero-order valence-electron chi connectivity index (χ0n) is 9.71. The fourth-order valence-electron chi connectivity index (χ4n) is 1.91. The first-order chi connectivity index (χ1) is 8.68. The van der Waals surface area contributed by atoms with E-state index in [1.54, 1.807) is 0 Å². The number of benzene rings is 2. The molecule has 0 heterocycles. The van der Waals surface area contributed by atoms with Gasteiger partial charge < -0.3 is 5.11 Å². The minimum atomic E-state index is -0.810. The van der Waals surface area contributed by atoms with Gasteiger partial charge >= 0.3 is 5.97 Å². The van der Waals surface area contributed by atoms with Gasteiger partial charge in [0.1, 0.15) is 0 Å². The van der Waals surface area contributed by atoms with E-state index in [9.17, 15) is 4.79 Å². The average Bonchev–Trinajstić information content (AvgIpc) is 2.39. The molecule has 2 nitrogen and oxygen atoms in total. The average molecular weight is 305 g/mol. The number of hydrogen-bond donors (Lipinski definition) is 1. The third kappa shape index (κ3) is 2.99. The highest BCUT2D eigenvalue weighted by Gasteiger charge is 2.15. The van der Waals surface area contributed by atoms with Gasteiger partial charge in [0.2, 0.25) is 0 Å². The number of carbonyl (C=O) groups is 1. The van der Waals surface area contributed by atoms with Gasteiger partial charge in [-0.3, -0.25) is 4.79 Å². The molecule has 92 valence electrons. The maximum absolute atomic E-state index is 10.9. The molecule has 2 aromatic carbocycles. The fraction of sp³-hybridized carbons (Fsp3) is 0.133. The van der Waals surface area contributed by atoms with Crippen LogP contribution in [0.25, 0.3) is 0 Å². The summed E-state index contributed by atoms with van der Waals surface area (Å²) in [5.74, 6) is -0.810. The van der Waals surface area contributed by atoms with Crippen molar-refractivity contribution in [1.29, 1.82) is 0 Å². The normalized spacial score (nSPS) is 12.1. The molecule has 0 bridgehead atoms. The molecule has 0 aliphatic rings. The summed E-state index contributed by atoms with van der Waals surface area (Å²) < 4.78 is 0. The van der Waals surface area contributed by atoms with E-state index in [1.807, 2.05) is 54.6 Å². The van der Waals surface area contributed by atoms with Gasteiger partial charge in [0, 0.05) is 0 Å². The Morgan fingerprint density at radius 1 is 1.06 bits per heavy atom. The third-order valence-electron chi connectivity index (χ3n) is 2.76. The van der Waals surface area contributed by atoms with Crippen molar-refractivity contribution in [3.8, 4) is 0 Å². The second-order valence-electron chi connectivity index (χ2n) is 4.04. The molecule has 2 aromatic rings. The van der Waals surface area contributed by atoms with Crippen molar-refractivity contribution >= 4 is 21.9 Å². The Morgan fingerprint density at radius 2 is 1.67 bits per heavy atom. The SMILES string of the molecule is O=C(O)Cc1ccccc1C(Br)c1ccccc1. The molecule has 0 aliphatic carbocycles. The molecule has 0 fully saturated rings. The van der Waals surface area contributed by atoms with Crippen LogP contribution in [0, 0.1) is 0 Å². The maximum Gasteiger partial charge on any atom is 0.307 e. The summed E-state index contributed by atoms with van der Waals surface area (Å²) in [6.07, 6.45) is 0.0467. The molecule has 1 unspecified atom stereocenters. The third-order valence-corrected chi connectivity index (χ3v) is 3.78. The number of hydrogen-bond acceptors (Lipinski definition) is 1. The van der Waals surface area contributed by atoms with E-state index in [0.29, 0.717) is 0 Å². The van der Waals surface area contributed by atoms with Crippen molar-refractivity contribution in [1.82, 2.24) is 0 Å². The highest BCUT2D eigenvalue weighted by Crippen LogP contribution is 2.32. The predicted molar refractivity (Wildman–Crippen MR) is 75.0 cm³/mol. The molecule has 0 saturated heterocycles. The van der Waals surface area contributed by atoms with E-state index in [0.717, 1.165) is 16.7 Å². The summed E-state index contributed by atoms with van der Waals surface area (Å²) in [6.45, 7) is 0. The largest absolute Gasteiger partial charge is 0.481 e. The Balaban J connectivity index is 2.36. The first-order valence-electron chi connectivity index (χ1n) is 5.67. The minimum Gasteiger partial charge on any atom is -0.481 e. The van der Waals surface area contributed by atoms with Gasteiger partial charge in [-0.25, -0.2) is 0 Å². The Bertz CT molecular complexity index is 537. The molecule has 1 N–H and O–H groups in total. The van der Waals surface area contributed by atoms with Crippen molar-refractivity contribution in [2.24, 2.45) is 0 Å². The lowest BCUT2D eigenvalue weighted by molar-refractivity contribution is -0.136. The van der Waals surface area contributed by atoms with Crippen LogP contribution in [0.3, 0.4) is 0 Å². The lowest BCUT2D eigenvalue weighted by Crippen LogP contribution is -2.05. The quantitative estimate of drug-likeness (QED) is 0.872. The van der Waals surface area contributed by atoms with Crippen LogP contribution in [0.1, 0.15) is 21.5 Å². The van der Waals surface area contributed by atoms with Crippen LogP contribution in [-0.2, 0) is 11.2 Å². The van der Waals surface area contributed by atoms with E-state index in [-0.39, 0.29) is 11.2 Å². The van der Waals surface area contributed by atoms with Crippen molar-refractivity contribution < 1.29 is 9.90 Å². The molecule has 0 amide bonds. The number of aliphatic carboxylic acids is 1. The van der Waals surface area contributed by atoms with Gasteiger partial charge in [-0.05, 0) is 16.7 Å². The second kappa shape index (κ2) is 5.83. The molecule has 2 rings (SSSR count). The molecule has 0 aliphatic heterocycles. The van der Waals surface area contributed by atoms with Crippen molar-refractivity contribution in [2.45, 2.75) is 11.2 Å². The molecule has 0 saturated carbocycles. The first kappa shape index (κ1) is 12.8. The predicted octanol–water partition coefficient (Wildman–Crippen LogP) is 3.80. The van der Waals surface area contributed by atoms with Crippen molar-refractivity contribution in [3.05, 3.63) is 71.3 Å². The van der Waals surface area contributed by atoms with Crippen LogP contribution in [0.15, 0.2) is 54.6 Å². The fourth-order valence-corrected chi connectivity index (χ4v) is 2.66. The Hall–Kier alpha value is -1.61. The van der Waals surface area contributed by atoms with Crippen LogP contribution in [0.5, 0.6) is 0 Å². The molecule has 3 heteroatoms. The standard InChI is InChI=1S/C15H13BrO2/c16-15(11-6-2-1-3-7-11)13-9-5-4-8-12(13)10-14(17)18/h1-9,15H,10H2,(H,17,18). The maximum atomic E-state index is 10.9. The highest BCUT2D eigenvalue weighted by molar-refractivity contribution is 9.09. The summed E-state index contributed by atoms with van der Waals surface area (Å²) in [5.41, 5.74) is 2.97. The van der Waals surface area contributed by atoms with E-state index in [1.165, 1.54) is 0 Å². The number of rotatable bonds is 4. The second-order valence-corrected chi connectivity index (χ2v) is 4.96. The van der Waals surface area contributed by atoms with Gasteiger partial charge in [0.25, 0.3) is 0 Å². The summed E-state index contributed by atoms with van der Waals surface area (Å²) >= 11 is 3.64. The zero-order valence-corrected chi connectivity index (χ0v) is 11.3. The minimum absolute atomic E-state index is 0.0225. The highest BCUT2D eigenvalue weighted by atomic mass is 79.9. The number of alkyl halides is 1.